The highest BCUT2D eigenvalue weighted by atomic mass is 16.5. The molecule has 2 aliphatic heterocycles. The molecule has 1 N–H and O–H groups in total. The third kappa shape index (κ3) is 4.61. The Morgan fingerprint density at radius 3 is 2.83 bits per heavy atom. The molecule has 0 radical (unpaired) electrons. The first-order valence-corrected chi connectivity index (χ1v) is 11.0. The van der Waals surface area contributed by atoms with Crippen molar-refractivity contribution in [1.82, 2.24) is 24.9 Å². The fourth-order valence-corrected chi connectivity index (χ4v) is 4.54. The molecule has 30 heavy (non-hydrogen) atoms. The molecule has 4 rings (SSSR count). The lowest BCUT2D eigenvalue weighted by molar-refractivity contribution is 0.0361. The van der Waals surface area contributed by atoms with Crippen molar-refractivity contribution in [2.45, 2.75) is 31.8 Å². The number of nitrogens with one attached hydrogen (secondary N) is 1. The van der Waals surface area contributed by atoms with Gasteiger partial charge in [0.1, 0.15) is 11.3 Å². The highest BCUT2D eigenvalue weighted by Gasteiger charge is 2.23. The number of para-hydroxylation sites is 1. The molecular formula is C22H33N5O3. The van der Waals surface area contributed by atoms with Crippen LogP contribution in [0.1, 0.15) is 29.8 Å². The second kappa shape index (κ2) is 9.76. The number of hydrogen-bond donors (Lipinski definition) is 1. The highest BCUT2D eigenvalue weighted by molar-refractivity contribution is 6.06. The molecule has 2 saturated heterocycles. The van der Waals surface area contributed by atoms with Crippen LogP contribution in [0.15, 0.2) is 18.2 Å². The van der Waals surface area contributed by atoms with Crippen LogP contribution in [0.25, 0.3) is 10.9 Å². The maximum absolute atomic E-state index is 13.0. The van der Waals surface area contributed by atoms with Gasteiger partial charge in [0.05, 0.1) is 26.9 Å². The van der Waals surface area contributed by atoms with Crippen LogP contribution in [0.5, 0.6) is 5.75 Å². The lowest BCUT2D eigenvalue weighted by atomic mass is 10.1. The molecule has 3 heterocycles. The van der Waals surface area contributed by atoms with Gasteiger partial charge in [-0.3, -0.25) is 14.4 Å². The molecule has 2 aliphatic rings. The molecule has 2 fully saturated rings. The standard InChI is InChI=1S/C22H33N5O3/c1-25-10-4-5-17(25)8-9-23-22(28)20-18-6-3-7-19(29-2)21(18)27(24-20)12-11-26-13-15-30-16-14-26/h3,6-7,17H,4-5,8-16H2,1-2H3,(H,23,28). The van der Waals surface area contributed by atoms with Crippen molar-refractivity contribution in [1.29, 1.82) is 0 Å². The van der Waals surface area contributed by atoms with Crippen molar-refractivity contribution < 1.29 is 14.3 Å². The largest absolute Gasteiger partial charge is 0.494 e. The molecule has 0 bridgehead atoms. The summed E-state index contributed by atoms with van der Waals surface area (Å²) < 4.78 is 12.9. The molecule has 1 aromatic carbocycles. The average molecular weight is 416 g/mol. The van der Waals surface area contributed by atoms with Gasteiger partial charge < -0.3 is 19.7 Å². The summed E-state index contributed by atoms with van der Waals surface area (Å²) in [4.78, 5) is 17.7. The van der Waals surface area contributed by atoms with Gasteiger partial charge in [-0.25, -0.2) is 0 Å². The van der Waals surface area contributed by atoms with E-state index in [9.17, 15) is 4.79 Å². The summed E-state index contributed by atoms with van der Waals surface area (Å²) in [6, 6.07) is 6.36. The number of carbonyl (C=O) groups excluding carboxylic acids is 1. The number of methoxy groups -OCH3 is 1. The van der Waals surface area contributed by atoms with Crippen LogP contribution in [0.4, 0.5) is 0 Å². The van der Waals surface area contributed by atoms with Gasteiger partial charge >= 0.3 is 0 Å². The topological polar surface area (TPSA) is 71.9 Å². The lowest BCUT2D eigenvalue weighted by Crippen LogP contribution is -2.38. The van der Waals surface area contributed by atoms with Gasteiger partial charge in [0.25, 0.3) is 5.91 Å². The highest BCUT2D eigenvalue weighted by Crippen LogP contribution is 2.28. The Morgan fingerprint density at radius 2 is 2.10 bits per heavy atom. The van der Waals surface area contributed by atoms with E-state index in [1.54, 1.807) is 7.11 Å². The van der Waals surface area contributed by atoms with Crippen LogP contribution < -0.4 is 10.1 Å². The normalized spacial score (nSPS) is 20.7. The number of carbonyl (C=O) groups is 1. The molecule has 1 amide bonds. The van der Waals surface area contributed by atoms with Gasteiger partial charge in [-0.05, 0) is 38.9 Å². The first-order chi connectivity index (χ1) is 14.7. The van der Waals surface area contributed by atoms with Crippen LogP contribution in [-0.2, 0) is 11.3 Å². The Bertz CT molecular complexity index is 862. The van der Waals surface area contributed by atoms with Crippen molar-refractivity contribution >= 4 is 16.8 Å². The smallest absolute Gasteiger partial charge is 0.272 e. The maximum Gasteiger partial charge on any atom is 0.272 e. The molecule has 1 atom stereocenters. The number of amides is 1. The Kier molecular flexibility index (Phi) is 6.86. The molecule has 8 nitrogen and oxygen atoms in total. The molecule has 0 aliphatic carbocycles. The summed E-state index contributed by atoms with van der Waals surface area (Å²) in [5.41, 5.74) is 1.36. The van der Waals surface area contributed by atoms with Crippen LogP contribution in [0, 0.1) is 0 Å². The minimum absolute atomic E-state index is 0.112. The van der Waals surface area contributed by atoms with Crippen molar-refractivity contribution in [3.8, 4) is 5.75 Å². The van der Waals surface area contributed by atoms with E-state index >= 15 is 0 Å². The van der Waals surface area contributed by atoms with Crippen molar-refractivity contribution in [2.75, 3.05) is 60.1 Å². The van der Waals surface area contributed by atoms with Crippen LogP contribution in [0.3, 0.4) is 0 Å². The third-order valence-corrected chi connectivity index (χ3v) is 6.33. The molecular weight excluding hydrogens is 382 g/mol. The fraction of sp³-hybridized carbons (Fsp3) is 0.636. The Balaban J connectivity index is 1.48. The van der Waals surface area contributed by atoms with Gasteiger partial charge in [-0.1, -0.05) is 12.1 Å². The van der Waals surface area contributed by atoms with E-state index in [0.717, 1.165) is 62.5 Å². The molecule has 1 unspecified atom stereocenters. The Hall–Kier alpha value is -2.16. The van der Waals surface area contributed by atoms with Gasteiger partial charge in [0.2, 0.25) is 0 Å². The molecule has 164 valence electrons. The second-order valence-corrected chi connectivity index (χ2v) is 8.20. The van der Waals surface area contributed by atoms with E-state index in [1.807, 2.05) is 22.9 Å². The van der Waals surface area contributed by atoms with Crippen molar-refractivity contribution in [2.24, 2.45) is 0 Å². The zero-order valence-electron chi connectivity index (χ0n) is 18.1. The number of rotatable bonds is 8. The predicted molar refractivity (Wildman–Crippen MR) is 116 cm³/mol. The third-order valence-electron chi connectivity index (χ3n) is 6.33. The minimum atomic E-state index is -0.112. The summed E-state index contributed by atoms with van der Waals surface area (Å²) >= 11 is 0. The summed E-state index contributed by atoms with van der Waals surface area (Å²) in [5.74, 6) is 0.632. The average Bonchev–Trinajstić information content (AvgIpc) is 3.36. The first-order valence-electron chi connectivity index (χ1n) is 11.0. The number of morpholine rings is 1. The zero-order chi connectivity index (χ0) is 20.9. The lowest BCUT2D eigenvalue weighted by Gasteiger charge is -2.26. The molecule has 2 aromatic rings. The number of nitrogens with zero attached hydrogens (tertiary/aromatic N) is 4. The van der Waals surface area contributed by atoms with Gasteiger partial charge in [0, 0.05) is 37.6 Å². The van der Waals surface area contributed by atoms with Gasteiger partial charge in [-0.15, -0.1) is 0 Å². The zero-order valence-corrected chi connectivity index (χ0v) is 18.1. The number of hydrogen-bond acceptors (Lipinski definition) is 6. The van der Waals surface area contributed by atoms with Crippen LogP contribution in [-0.4, -0.2) is 91.6 Å². The van der Waals surface area contributed by atoms with E-state index in [2.05, 4.69) is 22.2 Å². The summed E-state index contributed by atoms with van der Waals surface area (Å²) in [6.07, 6.45) is 3.43. The van der Waals surface area contributed by atoms with E-state index in [4.69, 9.17) is 14.6 Å². The maximum atomic E-state index is 13.0. The summed E-state index contributed by atoms with van der Waals surface area (Å²) in [5, 5.41) is 8.63. The summed E-state index contributed by atoms with van der Waals surface area (Å²) in [7, 11) is 3.82. The molecule has 0 spiro atoms. The van der Waals surface area contributed by atoms with E-state index in [1.165, 1.54) is 12.8 Å². The SMILES string of the molecule is COc1cccc2c(C(=O)NCCC3CCCN3C)nn(CCN3CCOCC3)c12. The Labute approximate surface area is 178 Å². The second-order valence-electron chi connectivity index (χ2n) is 8.20. The van der Waals surface area contributed by atoms with E-state index < -0.39 is 0 Å². The van der Waals surface area contributed by atoms with Crippen LogP contribution in [0.2, 0.25) is 0 Å². The van der Waals surface area contributed by atoms with E-state index in [-0.39, 0.29) is 5.91 Å². The fourth-order valence-electron chi connectivity index (χ4n) is 4.54. The van der Waals surface area contributed by atoms with Crippen molar-refractivity contribution in [3.05, 3.63) is 23.9 Å². The minimum Gasteiger partial charge on any atom is -0.494 e. The summed E-state index contributed by atoms with van der Waals surface area (Å²) in [6.45, 7) is 6.79. The number of benzene rings is 1. The number of fused-ring (bicyclic) bond motifs is 1. The quantitative estimate of drug-likeness (QED) is 0.706. The molecule has 8 heteroatoms. The van der Waals surface area contributed by atoms with Gasteiger partial charge in [-0.2, -0.15) is 5.10 Å². The monoisotopic (exact) mass is 415 g/mol. The molecule has 1 aromatic heterocycles. The van der Waals surface area contributed by atoms with Gasteiger partial charge in [0.15, 0.2) is 5.69 Å². The Morgan fingerprint density at radius 1 is 1.27 bits per heavy atom. The van der Waals surface area contributed by atoms with Crippen LogP contribution >= 0.6 is 0 Å². The number of aromatic nitrogens is 2. The molecule has 0 saturated carbocycles. The number of ether oxygens (including phenoxy) is 2. The van der Waals surface area contributed by atoms with E-state index in [0.29, 0.717) is 24.8 Å². The number of likely N-dealkylation sites (tertiary alicyclic amines) is 1. The predicted octanol–water partition coefficient (Wildman–Crippen LogP) is 1.59. The first kappa shape index (κ1) is 21.1. The van der Waals surface area contributed by atoms with Crippen molar-refractivity contribution in [3.63, 3.8) is 0 Å².